The Labute approximate surface area is 153 Å². The van der Waals surface area contributed by atoms with Crippen LogP contribution in [0.25, 0.3) is 0 Å². The first-order valence-electron chi connectivity index (χ1n) is 9.12. The maximum absolute atomic E-state index is 12.3. The molecule has 0 spiro atoms. The summed E-state index contributed by atoms with van der Waals surface area (Å²) in [6.45, 7) is 6.56. The van der Waals surface area contributed by atoms with Crippen LogP contribution in [0.5, 0.6) is 5.75 Å². The molecule has 26 heavy (non-hydrogen) atoms. The molecular weight excluding hydrogens is 345 g/mol. The van der Waals surface area contributed by atoms with Crippen molar-refractivity contribution in [3.05, 3.63) is 29.8 Å². The van der Waals surface area contributed by atoms with Crippen molar-refractivity contribution in [1.29, 1.82) is 0 Å². The summed E-state index contributed by atoms with van der Waals surface area (Å²) in [7, 11) is 0. The zero-order valence-corrected chi connectivity index (χ0v) is 15.7. The molecule has 1 saturated carbocycles. The Morgan fingerprint density at radius 2 is 1.73 bits per heavy atom. The third-order valence-electron chi connectivity index (χ3n) is 4.23. The molecule has 0 bridgehead atoms. The monoisotopic (exact) mass is 374 g/mol. The van der Waals surface area contributed by atoms with E-state index in [1.165, 1.54) is 12.1 Å². The van der Waals surface area contributed by atoms with Crippen LogP contribution in [0.15, 0.2) is 24.3 Å². The van der Waals surface area contributed by atoms with E-state index in [2.05, 4.69) is 15.5 Å². The summed E-state index contributed by atoms with van der Waals surface area (Å²) >= 11 is 0. The maximum Gasteiger partial charge on any atom is 0.573 e. The summed E-state index contributed by atoms with van der Waals surface area (Å²) in [5.74, 6) is -0.179. The fourth-order valence-electron chi connectivity index (χ4n) is 3.00. The summed E-state index contributed by atoms with van der Waals surface area (Å²) in [4.78, 5) is 5.67. The van der Waals surface area contributed by atoms with Crippen molar-refractivity contribution in [3.8, 4) is 5.75 Å². The summed E-state index contributed by atoms with van der Waals surface area (Å²) in [5.41, 5.74) is 3.74. The number of alkyl halides is 3. The van der Waals surface area contributed by atoms with E-state index >= 15 is 0 Å². The van der Waals surface area contributed by atoms with Crippen molar-refractivity contribution in [2.75, 3.05) is 0 Å². The molecule has 1 aromatic rings. The number of hydrogen-bond donors (Lipinski definition) is 2. The quantitative estimate of drug-likeness (QED) is 0.560. The fourth-order valence-corrected chi connectivity index (χ4v) is 3.00. The van der Waals surface area contributed by atoms with Gasteiger partial charge in [-0.05, 0) is 64.2 Å². The highest BCUT2D eigenvalue weighted by atomic mass is 19.4. The lowest BCUT2D eigenvalue weighted by Crippen LogP contribution is -2.36. The predicted octanol–water partition coefficient (Wildman–Crippen LogP) is 4.70. The Morgan fingerprint density at radius 1 is 1.04 bits per heavy atom. The molecule has 0 amide bonds. The minimum atomic E-state index is -4.66. The van der Waals surface area contributed by atoms with Crippen molar-refractivity contribution >= 4 is 0 Å². The molecule has 0 radical (unpaired) electrons. The highest BCUT2D eigenvalue weighted by Gasteiger charge is 2.31. The Balaban J connectivity index is 1.78. The van der Waals surface area contributed by atoms with Crippen LogP contribution in [-0.2, 0) is 11.4 Å². The van der Waals surface area contributed by atoms with Crippen molar-refractivity contribution in [3.63, 3.8) is 0 Å². The molecule has 1 fully saturated rings. The topological polar surface area (TPSA) is 42.5 Å². The van der Waals surface area contributed by atoms with E-state index < -0.39 is 6.36 Å². The number of ether oxygens (including phenoxy) is 1. The number of halogens is 3. The van der Waals surface area contributed by atoms with Gasteiger partial charge in [0.05, 0.1) is 5.60 Å². The summed E-state index contributed by atoms with van der Waals surface area (Å²) in [6, 6.07) is 6.81. The lowest BCUT2D eigenvalue weighted by atomic mass is 10.1. The van der Waals surface area contributed by atoms with Gasteiger partial charge in [-0.3, -0.25) is 4.84 Å². The average molecular weight is 374 g/mol. The minimum absolute atomic E-state index is 0.179. The van der Waals surface area contributed by atoms with E-state index in [-0.39, 0.29) is 11.4 Å². The zero-order chi connectivity index (χ0) is 19.2. The molecule has 0 saturated heterocycles. The number of nitrogens with one attached hydrogen (secondary N) is 2. The summed E-state index contributed by atoms with van der Waals surface area (Å²) < 4.78 is 40.9. The number of hydrogen-bond acceptors (Lipinski definition) is 4. The molecule has 2 unspecified atom stereocenters. The lowest BCUT2D eigenvalue weighted by Gasteiger charge is -2.24. The van der Waals surface area contributed by atoms with Crippen LogP contribution in [0.2, 0.25) is 0 Å². The Bertz CT molecular complexity index is 558. The smallest absolute Gasteiger partial charge is 0.406 e. The molecule has 0 heterocycles. The van der Waals surface area contributed by atoms with E-state index in [1.54, 1.807) is 12.1 Å². The van der Waals surface area contributed by atoms with Gasteiger partial charge in [-0.2, -0.15) is 5.48 Å². The third-order valence-corrected chi connectivity index (χ3v) is 4.23. The van der Waals surface area contributed by atoms with Gasteiger partial charge in [0.1, 0.15) is 5.75 Å². The maximum atomic E-state index is 12.3. The van der Waals surface area contributed by atoms with Crippen LogP contribution < -0.4 is 15.5 Å². The van der Waals surface area contributed by atoms with Gasteiger partial charge in [0.25, 0.3) is 0 Å². The largest absolute Gasteiger partial charge is 0.573 e. The van der Waals surface area contributed by atoms with Crippen LogP contribution in [0.1, 0.15) is 58.4 Å². The van der Waals surface area contributed by atoms with Gasteiger partial charge >= 0.3 is 6.36 Å². The summed E-state index contributed by atoms with van der Waals surface area (Å²) in [6.07, 6.45) is 0.537. The highest BCUT2D eigenvalue weighted by molar-refractivity contribution is 5.28. The third kappa shape index (κ3) is 8.38. The molecule has 1 aliphatic rings. The van der Waals surface area contributed by atoms with Crippen molar-refractivity contribution in [2.24, 2.45) is 0 Å². The first-order chi connectivity index (χ1) is 12.1. The summed E-state index contributed by atoms with van der Waals surface area (Å²) in [5, 5.41) is 3.46. The van der Waals surface area contributed by atoms with Gasteiger partial charge < -0.3 is 10.1 Å². The second-order valence-electron chi connectivity index (χ2n) is 7.81. The standard InChI is InChI=1S/C19H29F3N2O2/c1-18(2,3)26-24-16-8-5-7-15(10-11-16)23-13-14-6-4-9-17(12-14)25-19(20,21)22/h4,6,9,12,15-16,23-24H,5,7-8,10-11,13H2,1-3H3. The molecule has 7 heteroatoms. The van der Waals surface area contributed by atoms with Gasteiger partial charge in [-0.1, -0.05) is 18.6 Å². The van der Waals surface area contributed by atoms with Crippen LogP contribution >= 0.6 is 0 Å². The minimum Gasteiger partial charge on any atom is -0.406 e. The number of hydroxylamine groups is 1. The van der Waals surface area contributed by atoms with E-state index in [0.29, 0.717) is 18.6 Å². The molecule has 2 rings (SSSR count). The molecule has 0 aliphatic heterocycles. The zero-order valence-electron chi connectivity index (χ0n) is 15.7. The molecule has 148 valence electrons. The Kier molecular flexibility index (Phi) is 7.32. The Morgan fingerprint density at radius 3 is 2.42 bits per heavy atom. The average Bonchev–Trinajstić information content (AvgIpc) is 2.74. The number of rotatable bonds is 6. The molecule has 2 atom stereocenters. The molecule has 4 nitrogen and oxygen atoms in total. The van der Waals surface area contributed by atoms with Crippen LogP contribution in [0, 0.1) is 0 Å². The van der Waals surface area contributed by atoms with Crippen LogP contribution in [-0.4, -0.2) is 24.0 Å². The Hall–Kier alpha value is -1.31. The lowest BCUT2D eigenvalue weighted by molar-refractivity contribution is -0.274. The van der Waals surface area contributed by atoms with Crippen molar-refractivity contribution < 1.29 is 22.7 Å². The van der Waals surface area contributed by atoms with Crippen LogP contribution in [0.3, 0.4) is 0 Å². The van der Waals surface area contributed by atoms with Gasteiger partial charge in [0.15, 0.2) is 0 Å². The molecule has 1 aromatic carbocycles. The van der Waals surface area contributed by atoms with E-state index in [1.807, 2.05) is 20.8 Å². The molecule has 1 aliphatic carbocycles. The highest BCUT2D eigenvalue weighted by Crippen LogP contribution is 2.24. The second-order valence-corrected chi connectivity index (χ2v) is 7.81. The van der Waals surface area contributed by atoms with Crippen molar-refractivity contribution in [2.45, 2.75) is 83.5 Å². The SMILES string of the molecule is CC(C)(C)ONC1CCCC(NCc2cccc(OC(F)(F)F)c2)CC1. The van der Waals surface area contributed by atoms with E-state index in [9.17, 15) is 13.2 Å². The van der Waals surface area contributed by atoms with E-state index in [0.717, 1.165) is 37.7 Å². The number of benzene rings is 1. The van der Waals surface area contributed by atoms with E-state index in [4.69, 9.17) is 4.84 Å². The molecule has 2 N–H and O–H groups in total. The van der Waals surface area contributed by atoms with Crippen molar-refractivity contribution in [1.82, 2.24) is 10.8 Å². The van der Waals surface area contributed by atoms with Gasteiger partial charge in [-0.15, -0.1) is 13.2 Å². The molecular formula is C19H29F3N2O2. The normalized spacial score (nSPS) is 22.1. The molecule has 0 aromatic heterocycles. The second kappa shape index (κ2) is 9.06. The van der Waals surface area contributed by atoms with Gasteiger partial charge in [0.2, 0.25) is 0 Å². The predicted molar refractivity (Wildman–Crippen MR) is 94.6 cm³/mol. The van der Waals surface area contributed by atoms with Gasteiger partial charge in [-0.25, -0.2) is 0 Å². The van der Waals surface area contributed by atoms with Gasteiger partial charge in [0, 0.05) is 18.6 Å². The first kappa shape index (κ1) is 21.0. The first-order valence-corrected chi connectivity index (χ1v) is 9.12. The fraction of sp³-hybridized carbons (Fsp3) is 0.684. The van der Waals surface area contributed by atoms with Crippen LogP contribution in [0.4, 0.5) is 13.2 Å².